The fourth-order valence-electron chi connectivity index (χ4n) is 1.58. The highest BCUT2D eigenvalue weighted by atomic mass is 15.1. The van der Waals surface area contributed by atoms with Crippen LogP contribution in [0.3, 0.4) is 0 Å². The van der Waals surface area contributed by atoms with Crippen molar-refractivity contribution in [1.82, 2.24) is 4.98 Å². The summed E-state index contributed by atoms with van der Waals surface area (Å²) in [5.74, 6) is 2.47. The van der Waals surface area contributed by atoms with Crippen LogP contribution in [0.4, 0.5) is 11.6 Å². The van der Waals surface area contributed by atoms with Crippen molar-refractivity contribution in [2.24, 2.45) is 5.92 Å². The lowest BCUT2D eigenvalue weighted by Crippen LogP contribution is -2.25. The molecule has 0 aliphatic carbocycles. The summed E-state index contributed by atoms with van der Waals surface area (Å²) in [7, 11) is 1.88. The molecule has 0 aromatic carbocycles. The predicted octanol–water partition coefficient (Wildman–Crippen LogP) is 2.97. The zero-order chi connectivity index (χ0) is 11.3. The van der Waals surface area contributed by atoms with Gasteiger partial charge in [0, 0.05) is 13.1 Å². The summed E-state index contributed by atoms with van der Waals surface area (Å²) >= 11 is 0. The Hall–Kier alpha value is -1.25. The van der Waals surface area contributed by atoms with Crippen molar-refractivity contribution in [2.75, 3.05) is 17.7 Å². The molecule has 0 saturated carbocycles. The number of nitrogens with zero attached hydrogens (tertiary/aromatic N) is 1. The van der Waals surface area contributed by atoms with Gasteiger partial charge in [-0.25, -0.2) is 4.98 Å². The van der Waals surface area contributed by atoms with Gasteiger partial charge in [0.25, 0.3) is 0 Å². The molecule has 0 bridgehead atoms. The Labute approximate surface area is 92.3 Å². The molecule has 1 aromatic rings. The summed E-state index contributed by atoms with van der Waals surface area (Å²) in [6.07, 6.45) is 1.11. The van der Waals surface area contributed by atoms with Crippen molar-refractivity contribution in [1.29, 1.82) is 0 Å². The van der Waals surface area contributed by atoms with Gasteiger partial charge in [-0.15, -0.1) is 0 Å². The van der Waals surface area contributed by atoms with Gasteiger partial charge in [-0.1, -0.05) is 26.8 Å². The van der Waals surface area contributed by atoms with E-state index in [-0.39, 0.29) is 0 Å². The van der Waals surface area contributed by atoms with E-state index in [1.54, 1.807) is 0 Å². The standard InChI is InChI=1S/C12H21N3/c1-5-10(9(2)3)14-12-8-6-7-11(13-4)15-12/h6-10H,5H2,1-4H3,(H2,13,14,15). The molecule has 1 heterocycles. The number of aromatic nitrogens is 1. The average molecular weight is 207 g/mol. The minimum absolute atomic E-state index is 0.490. The Morgan fingerprint density at radius 1 is 1.27 bits per heavy atom. The van der Waals surface area contributed by atoms with Crippen LogP contribution in [0.1, 0.15) is 27.2 Å². The molecule has 15 heavy (non-hydrogen) atoms. The minimum Gasteiger partial charge on any atom is -0.373 e. The molecule has 0 spiro atoms. The van der Waals surface area contributed by atoms with Gasteiger partial charge in [0.2, 0.25) is 0 Å². The van der Waals surface area contributed by atoms with E-state index < -0.39 is 0 Å². The van der Waals surface area contributed by atoms with Gasteiger partial charge in [0.05, 0.1) is 0 Å². The van der Waals surface area contributed by atoms with Crippen molar-refractivity contribution < 1.29 is 0 Å². The number of anilines is 2. The number of pyridine rings is 1. The molecule has 0 radical (unpaired) electrons. The smallest absolute Gasteiger partial charge is 0.128 e. The number of hydrogen-bond donors (Lipinski definition) is 2. The Kier molecular flexibility index (Phi) is 4.40. The SMILES string of the molecule is CCC(Nc1cccc(NC)n1)C(C)C. The van der Waals surface area contributed by atoms with Crippen LogP contribution in [-0.2, 0) is 0 Å². The molecule has 1 atom stereocenters. The van der Waals surface area contributed by atoms with Crippen LogP contribution in [0.2, 0.25) is 0 Å². The van der Waals surface area contributed by atoms with Crippen molar-refractivity contribution in [3.8, 4) is 0 Å². The summed E-state index contributed by atoms with van der Waals surface area (Å²) in [5.41, 5.74) is 0. The molecular formula is C12H21N3. The highest BCUT2D eigenvalue weighted by Gasteiger charge is 2.10. The first-order valence-corrected chi connectivity index (χ1v) is 5.58. The largest absolute Gasteiger partial charge is 0.373 e. The van der Waals surface area contributed by atoms with Crippen molar-refractivity contribution >= 4 is 11.6 Å². The van der Waals surface area contributed by atoms with Crippen LogP contribution in [0, 0.1) is 5.92 Å². The predicted molar refractivity (Wildman–Crippen MR) is 66.3 cm³/mol. The van der Waals surface area contributed by atoms with Gasteiger partial charge in [0.15, 0.2) is 0 Å². The molecule has 0 amide bonds. The van der Waals surface area contributed by atoms with Crippen molar-refractivity contribution in [2.45, 2.75) is 33.2 Å². The topological polar surface area (TPSA) is 37.0 Å². The van der Waals surface area contributed by atoms with E-state index in [2.05, 4.69) is 36.4 Å². The van der Waals surface area contributed by atoms with Crippen LogP contribution in [-0.4, -0.2) is 18.1 Å². The van der Waals surface area contributed by atoms with Gasteiger partial charge in [-0.2, -0.15) is 0 Å². The Balaban J connectivity index is 2.70. The number of nitrogens with one attached hydrogen (secondary N) is 2. The van der Waals surface area contributed by atoms with E-state index >= 15 is 0 Å². The number of hydrogen-bond acceptors (Lipinski definition) is 3. The molecule has 3 heteroatoms. The van der Waals surface area contributed by atoms with Crippen LogP contribution in [0.5, 0.6) is 0 Å². The van der Waals surface area contributed by atoms with Gasteiger partial charge in [-0.3, -0.25) is 0 Å². The second-order valence-corrected chi connectivity index (χ2v) is 4.06. The summed E-state index contributed by atoms with van der Waals surface area (Å²) in [4.78, 5) is 4.44. The molecule has 0 aliphatic heterocycles. The Bertz CT molecular complexity index is 297. The van der Waals surface area contributed by atoms with E-state index in [1.165, 1.54) is 0 Å². The molecule has 1 unspecified atom stereocenters. The summed E-state index contributed by atoms with van der Waals surface area (Å²) in [6, 6.07) is 6.46. The molecule has 1 rings (SSSR count). The third kappa shape index (κ3) is 3.42. The summed E-state index contributed by atoms with van der Waals surface area (Å²) < 4.78 is 0. The van der Waals surface area contributed by atoms with E-state index in [0.717, 1.165) is 18.1 Å². The maximum absolute atomic E-state index is 4.44. The lowest BCUT2D eigenvalue weighted by Gasteiger charge is -2.21. The first-order valence-electron chi connectivity index (χ1n) is 5.58. The van der Waals surface area contributed by atoms with Gasteiger partial charge in [-0.05, 0) is 24.5 Å². The van der Waals surface area contributed by atoms with E-state index in [9.17, 15) is 0 Å². The first-order chi connectivity index (χ1) is 7.17. The molecule has 0 fully saturated rings. The quantitative estimate of drug-likeness (QED) is 0.779. The molecule has 0 aliphatic rings. The lowest BCUT2D eigenvalue weighted by molar-refractivity contribution is 0.510. The van der Waals surface area contributed by atoms with Gasteiger partial charge in [0.1, 0.15) is 11.6 Å². The average Bonchev–Trinajstić information content (AvgIpc) is 2.25. The van der Waals surface area contributed by atoms with Crippen LogP contribution >= 0.6 is 0 Å². The lowest BCUT2D eigenvalue weighted by atomic mass is 10.0. The first kappa shape index (κ1) is 11.8. The second kappa shape index (κ2) is 5.59. The van der Waals surface area contributed by atoms with Gasteiger partial charge < -0.3 is 10.6 Å². The van der Waals surface area contributed by atoms with Crippen LogP contribution in [0.25, 0.3) is 0 Å². The fourth-order valence-corrected chi connectivity index (χ4v) is 1.58. The zero-order valence-electron chi connectivity index (χ0n) is 10.0. The zero-order valence-corrected chi connectivity index (χ0v) is 10.0. The minimum atomic E-state index is 0.490. The van der Waals surface area contributed by atoms with Gasteiger partial charge >= 0.3 is 0 Å². The Morgan fingerprint density at radius 3 is 2.47 bits per heavy atom. The van der Waals surface area contributed by atoms with E-state index in [4.69, 9.17) is 0 Å². The molecule has 0 saturated heterocycles. The normalized spacial score (nSPS) is 12.6. The summed E-state index contributed by atoms with van der Waals surface area (Å²) in [6.45, 7) is 6.64. The third-order valence-corrected chi connectivity index (χ3v) is 2.58. The molecule has 3 nitrogen and oxygen atoms in total. The number of rotatable bonds is 5. The third-order valence-electron chi connectivity index (χ3n) is 2.58. The second-order valence-electron chi connectivity index (χ2n) is 4.06. The van der Waals surface area contributed by atoms with Crippen molar-refractivity contribution in [3.05, 3.63) is 18.2 Å². The van der Waals surface area contributed by atoms with E-state index in [0.29, 0.717) is 12.0 Å². The summed E-state index contributed by atoms with van der Waals surface area (Å²) in [5, 5.41) is 6.49. The monoisotopic (exact) mass is 207 g/mol. The van der Waals surface area contributed by atoms with Crippen LogP contribution in [0.15, 0.2) is 18.2 Å². The highest BCUT2D eigenvalue weighted by molar-refractivity contribution is 5.45. The van der Waals surface area contributed by atoms with Crippen molar-refractivity contribution in [3.63, 3.8) is 0 Å². The Morgan fingerprint density at radius 2 is 1.93 bits per heavy atom. The van der Waals surface area contributed by atoms with E-state index in [1.807, 2.05) is 25.2 Å². The highest BCUT2D eigenvalue weighted by Crippen LogP contribution is 2.14. The van der Waals surface area contributed by atoms with Crippen LogP contribution < -0.4 is 10.6 Å². The molecule has 2 N–H and O–H groups in total. The molecule has 84 valence electrons. The maximum atomic E-state index is 4.44. The maximum Gasteiger partial charge on any atom is 0.128 e. The molecular weight excluding hydrogens is 186 g/mol. The fraction of sp³-hybridized carbons (Fsp3) is 0.583. The molecule has 1 aromatic heterocycles.